The zero-order valence-corrected chi connectivity index (χ0v) is 9.55. The summed E-state index contributed by atoms with van der Waals surface area (Å²) < 4.78 is 10.3. The van der Waals surface area contributed by atoms with Crippen LogP contribution < -0.4 is 5.32 Å². The van der Waals surface area contributed by atoms with E-state index in [-0.39, 0.29) is 6.10 Å². The summed E-state index contributed by atoms with van der Waals surface area (Å²) in [5, 5.41) is 15.5. The molecule has 2 atom stereocenters. The van der Waals surface area contributed by atoms with Crippen LogP contribution in [0.5, 0.6) is 0 Å². The highest BCUT2D eigenvalue weighted by molar-refractivity contribution is 5.72. The Kier molecular flexibility index (Phi) is 3.70. The largest absolute Gasteiger partial charge is 0.479 e. The van der Waals surface area contributed by atoms with Crippen molar-refractivity contribution in [2.45, 2.75) is 38.5 Å². The molecule has 0 saturated carbocycles. The molecule has 2 rings (SSSR count). The number of aliphatic carboxylic acids is 1. The van der Waals surface area contributed by atoms with Crippen molar-refractivity contribution in [1.82, 2.24) is 15.5 Å². The van der Waals surface area contributed by atoms with Gasteiger partial charge in [0.25, 0.3) is 0 Å². The molecular formula is C10H15N3O4. The number of carbonyl (C=O) groups is 1. The van der Waals surface area contributed by atoms with Gasteiger partial charge in [0.2, 0.25) is 5.89 Å². The summed E-state index contributed by atoms with van der Waals surface area (Å²) in [6.07, 6.45) is 0.612. The Labute approximate surface area is 98.1 Å². The highest BCUT2D eigenvalue weighted by Gasteiger charge is 2.29. The number of aryl methyl sites for hydroxylation is 1. The van der Waals surface area contributed by atoms with Crippen LogP contribution in [0.25, 0.3) is 0 Å². The van der Waals surface area contributed by atoms with Gasteiger partial charge in [-0.3, -0.25) is 0 Å². The highest BCUT2D eigenvalue weighted by atomic mass is 16.5. The number of hydrogen-bond donors (Lipinski definition) is 2. The summed E-state index contributed by atoms with van der Waals surface area (Å²) >= 11 is 0. The van der Waals surface area contributed by atoms with E-state index in [9.17, 15) is 4.79 Å². The first-order valence-corrected chi connectivity index (χ1v) is 5.53. The van der Waals surface area contributed by atoms with Gasteiger partial charge in [-0.1, -0.05) is 5.16 Å². The molecule has 1 fully saturated rings. The van der Waals surface area contributed by atoms with E-state index in [1.165, 1.54) is 0 Å². The van der Waals surface area contributed by atoms with E-state index in [4.69, 9.17) is 14.4 Å². The van der Waals surface area contributed by atoms with Gasteiger partial charge in [-0.25, -0.2) is 4.79 Å². The molecule has 17 heavy (non-hydrogen) atoms. The second kappa shape index (κ2) is 5.24. The standard InChI is InChI=1S/C10H15N3O4/c1-6-12-9(17-13-6)5-11-4-7-2-3-8(16-7)10(14)15/h7-8,11H,2-5H2,1H3,(H,14,15). The molecule has 2 unspecified atom stereocenters. The van der Waals surface area contributed by atoms with Gasteiger partial charge < -0.3 is 19.7 Å². The molecule has 1 aromatic heterocycles. The summed E-state index contributed by atoms with van der Waals surface area (Å²) in [4.78, 5) is 14.7. The number of nitrogens with one attached hydrogen (secondary N) is 1. The molecule has 2 heterocycles. The van der Waals surface area contributed by atoms with E-state index in [2.05, 4.69) is 15.5 Å². The lowest BCUT2D eigenvalue weighted by Gasteiger charge is -2.10. The SMILES string of the molecule is Cc1noc(CNCC2CCC(C(=O)O)O2)n1. The molecule has 2 N–H and O–H groups in total. The van der Waals surface area contributed by atoms with Crippen LogP contribution in [0, 0.1) is 6.92 Å². The number of ether oxygens (including phenoxy) is 1. The Hall–Kier alpha value is -1.47. The molecule has 1 saturated heterocycles. The molecule has 7 heteroatoms. The quantitative estimate of drug-likeness (QED) is 0.754. The molecule has 7 nitrogen and oxygen atoms in total. The number of rotatable bonds is 5. The Morgan fingerprint density at radius 3 is 3.00 bits per heavy atom. The van der Waals surface area contributed by atoms with Crippen LogP contribution in [0.4, 0.5) is 0 Å². The average molecular weight is 241 g/mol. The summed E-state index contributed by atoms with van der Waals surface area (Å²) in [5.41, 5.74) is 0. The van der Waals surface area contributed by atoms with Crippen LogP contribution in [0.1, 0.15) is 24.6 Å². The van der Waals surface area contributed by atoms with E-state index >= 15 is 0 Å². The Bertz CT molecular complexity index is 393. The predicted molar refractivity (Wildman–Crippen MR) is 56.3 cm³/mol. The Morgan fingerprint density at radius 2 is 2.41 bits per heavy atom. The maximum absolute atomic E-state index is 10.7. The van der Waals surface area contributed by atoms with Crippen LogP contribution in [-0.4, -0.2) is 40.0 Å². The van der Waals surface area contributed by atoms with Gasteiger partial charge in [-0.05, 0) is 19.8 Å². The van der Waals surface area contributed by atoms with E-state index in [0.29, 0.717) is 31.2 Å². The van der Waals surface area contributed by atoms with Gasteiger partial charge >= 0.3 is 5.97 Å². The molecule has 0 spiro atoms. The van der Waals surface area contributed by atoms with Crippen LogP contribution in [-0.2, 0) is 16.1 Å². The number of carboxylic acid groups (broad SMARTS) is 1. The van der Waals surface area contributed by atoms with Crippen molar-refractivity contribution in [1.29, 1.82) is 0 Å². The third kappa shape index (κ3) is 3.24. The fraction of sp³-hybridized carbons (Fsp3) is 0.700. The van der Waals surface area contributed by atoms with Crippen LogP contribution in [0.2, 0.25) is 0 Å². The molecule has 0 amide bonds. The molecule has 1 aromatic rings. The molecule has 0 aliphatic carbocycles. The van der Waals surface area contributed by atoms with Crippen molar-refractivity contribution < 1.29 is 19.2 Å². The normalized spacial score (nSPS) is 24.1. The zero-order chi connectivity index (χ0) is 12.3. The first-order valence-electron chi connectivity index (χ1n) is 5.53. The lowest BCUT2D eigenvalue weighted by molar-refractivity contribution is -0.149. The van der Waals surface area contributed by atoms with Crippen LogP contribution >= 0.6 is 0 Å². The van der Waals surface area contributed by atoms with Gasteiger partial charge in [0.1, 0.15) is 0 Å². The molecule has 0 bridgehead atoms. The maximum Gasteiger partial charge on any atom is 0.332 e. The van der Waals surface area contributed by atoms with Crippen LogP contribution in [0.15, 0.2) is 4.52 Å². The van der Waals surface area contributed by atoms with Gasteiger partial charge in [0, 0.05) is 6.54 Å². The average Bonchev–Trinajstić information content (AvgIpc) is 2.88. The number of nitrogens with zero attached hydrogens (tertiary/aromatic N) is 2. The minimum atomic E-state index is -0.889. The van der Waals surface area contributed by atoms with Gasteiger partial charge in [-0.15, -0.1) is 0 Å². The second-order valence-corrected chi connectivity index (χ2v) is 4.03. The van der Waals surface area contributed by atoms with E-state index in [1.807, 2.05) is 0 Å². The smallest absolute Gasteiger partial charge is 0.332 e. The van der Waals surface area contributed by atoms with Crippen molar-refractivity contribution in [3.63, 3.8) is 0 Å². The van der Waals surface area contributed by atoms with Gasteiger partial charge in [-0.2, -0.15) is 4.98 Å². The Morgan fingerprint density at radius 1 is 1.59 bits per heavy atom. The minimum absolute atomic E-state index is 0.0554. The first kappa shape index (κ1) is 12.0. The molecule has 0 aromatic carbocycles. The second-order valence-electron chi connectivity index (χ2n) is 4.03. The zero-order valence-electron chi connectivity index (χ0n) is 9.55. The third-order valence-electron chi connectivity index (χ3n) is 2.60. The number of aromatic nitrogens is 2. The fourth-order valence-corrected chi connectivity index (χ4v) is 1.79. The monoisotopic (exact) mass is 241 g/mol. The van der Waals surface area contributed by atoms with E-state index in [0.717, 1.165) is 6.42 Å². The van der Waals surface area contributed by atoms with Gasteiger partial charge in [0.15, 0.2) is 11.9 Å². The lowest BCUT2D eigenvalue weighted by Crippen LogP contribution is -2.28. The molecule has 0 radical (unpaired) electrons. The maximum atomic E-state index is 10.7. The predicted octanol–water partition coefficient (Wildman–Crippen LogP) is 0.0998. The van der Waals surface area contributed by atoms with Crippen molar-refractivity contribution in [2.75, 3.05) is 6.54 Å². The molecular weight excluding hydrogens is 226 g/mol. The summed E-state index contributed by atoms with van der Waals surface area (Å²) in [6.45, 7) is 2.81. The van der Waals surface area contributed by atoms with Crippen molar-refractivity contribution in [2.24, 2.45) is 0 Å². The first-order chi connectivity index (χ1) is 8.15. The van der Waals surface area contributed by atoms with Crippen molar-refractivity contribution in [3.05, 3.63) is 11.7 Å². The van der Waals surface area contributed by atoms with E-state index < -0.39 is 12.1 Å². The van der Waals surface area contributed by atoms with Gasteiger partial charge in [0.05, 0.1) is 12.6 Å². The number of carboxylic acids is 1. The molecule has 1 aliphatic heterocycles. The number of hydrogen-bond acceptors (Lipinski definition) is 6. The molecule has 94 valence electrons. The third-order valence-corrected chi connectivity index (χ3v) is 2.60. The lowest BCUT2D eigenvalue weighted by atomic mass is 10.2. The fourth-order valence-electron chi connectivity index (χ4n) is 1.79. The summed E-state index contributed by atoms with van der Waals surface area (Å²) in [5.74, 6) is 0.236. The van der Waals surface area contributed by atoms with Crippen molar-refractivity contribution in [3.8, 4) is 0 Å². The van der Waals surface area contributed by atoms with Crippen molar-refractivity contribution >= 4 is 5.97 Å². The topological polar surface area (TPSA) is 97.5 Å². The summed E-state index contributed by atoms with van der Waals surface area (Å²) in [7, 11) is 0. The minimum Gasteiger partial charge on any atom is -0.479 e. The molecule has 1 aliphatic rings. The summed E-state index contributed by atoms with van der Waals surface area (Å²) in [6, 6.07) is 0. The Balaban J connectivity index is 1.68. The highest BCUT2D eigenvalue weighted by Crippen LogP contribution is 2.19. The van der Waals surface area contributed by atoms with E-state index in [1.54, 1.807) is 6.92 Å². The van der Waals surface area contributed by atoms with Crippen LogP contribution in [0.3, 0.4) is 0 Å².